The molecule has 5 N–H and O–H groups in total. The van der Waals surface area contributed by atoms with Crippen LogP contribution in [0.1, 0.15) is 16.8 Å². The normalized spacial score (nSPS) is 14.4. The molecule has 0 saturated carbocycles. The smallest absolute Gasteiger partial charge is 0.314 e. The minimum Gasteiger partial charge on any atom is -0.506 e. The van der Waals surface area contributed by atoms with Crippen molar-refractivity contribution in [1.29, 1.82) is 0 Å². The van der Waals surface area contributed by atoms with E-state index in [9.17, 15) is 24.6 Å². The summed E-state index contributed by atoms with van der Waals surface area (Å²) in [5.74, 6) is -3.43. The number of nitrogens with one attached hydrogen (secondary N) is 3. The number of piperazine rings is 1. The van der Waals surface area contributed by atoms with E-state index in [0.29, 0.717) is 6.54 Å². The van der Waals surface area contributed by atoms with E-state index in [1.165, 1.54) is 30.3 Å². The van der Waals surface area contributed by atoms with Crippen LogP contribution in [0.5, 0.6) is 11.5 Å². The van der Waals surface area contributed by atoms with Crippen LogP contribution in [0.25, 0.3) is 0 Å². The number of phenols is 2. The molecule has 1 aliphatic heterocycles. The monoisotopic (exact) mass is 523 g/mol. The summed E-state index contributed by atoms with van der Waals surface area (Å²) in [4.78, 5) is 41.7. The molecule has 1 saturated heterocycles. The average Bonchev–Trinajstić information content (AvgIpc) is 2.82. The molecule has 0 radical (unpaired) electrons. The Bertz CT molecular complexity index is 1110. The van der Waals surface area contributed by atoms with Crippen LogP contribution in [-0.4, -0.2) is 84.1 Å². The van der Waals surface area contributed by atoms with Crippen LogP contribution in [0.3, 0.4) is 0 Å². The predicted octanol–water partition coefficient (Wildman–Crippen LogP) is 2.35. The van der Waals surface area contributed by atoms with Crippen LogP contribution >= 0.6 is 23.2 Å². The molecule has 0 aromatic heterocycles. The second kappa shape index (κ2) is 12.1. The molecule has 1 aliphatic rings. The van der Waals surface area contributed by atoms with Crippen LogP contribution in [0.4, 0.5) is 11.4 Å². The molecule has 10 nitrogen and oxygen atoms in total. The Morgan fingerprint density at radius 2 is 1.60 bits per heavy atom. The zero-order valence-corrected chi connectivity index (χ0v) is 20.6. The molecule has 2 aromatic carbocycles. The largest absolute Gasteiger partial charge is 0.506 e. The van der Waals surface area contributed by atoms with E-state index in [1.54, 1.807) is 0 Å². The van der Waals surface area contributed by atoms with Gasteiger partial charge in [-0.25, -0.2) is 0 Å². The fraction of sp³-hybridized carbons (Fsp3) is 0.348. The average molecular weight is 524 g/mol. The summed E-state index contributed by atoms with van der Waals surface area (Å²) < 4.78 is 0. The first-order chi connectivity index (χ1) is 16.6. The zero-order valence-electron chi connectivity index (χ0n) is 19.1. The molecule has 12 heteroatoms. The van der Waals surface area contributed by atoms with E-state index in [4.69, 9.17) is 23.2 Å². The number of hydrogen-bond acceptors (Lipinski definition) is 7. The van der Waals surface area contributed by atoms with Crippen LogP contribution in [0.2, 0.25) is 10.0 Å². The summed E-state index contributed by atoms with van der Waals surface area (Å²) in [5, 5.41) is 27.3. The van der Waals surface area contributed by atoms with E-state index in [2.05, 4.69) is 32.8 Å². The van der Waals surface area contributed by atoms with E-state index < -0.39 is 17.6 Å². The maximum atomic E-state index is 12.5. The number of carbonyl (C=O) groups excluding carboxylic acids is 3. The third kappa shape index (κ3) is 7.46. The molecule has 1 fully saturated rings. The minimum absolute atomic E-state index is 0.104. The number of phenolic OH excluding ortho intramolecular Hbond substituents is 2. The quantitative estimate of drug-likeness (QED) is 0.213. The Morgan fingerprint density at radius 1 is 0.943 bits per heavy atom. The highest BCUT2D eigenvalue weighted by atomic mass is 35.5. The number of carbonyl (C=O) groups is 3. The summed E-state index contributed by atoms with van der Waals surface area (Å²) >= 11 is 11.7. The SMILES string of the molecule is CN1CCN(CCCNC(=O)c2ccc(O)c(NC(=O)C(=O)Nc3cc(Cl)cc(Cl)c3O)c2)CC1. The van der Waals surface area contributed by atoms with E-state index >= 15 is 0 Å². The number of benzene rings is 2. The lowest BCUT2D eigenvalue weighted by molar-refractivity contribution is -0.133. The third-order valence-corrected chi connectivity index (χ3v) is 6.03. The van der Waals surface area contributed by atoms with Crippen molar-refractivity contribution >= 4 is 52.3 Å². The van der Waals surface area contributed by atoms with Gasteiger partial charge in [0.1, 0.15) is 5.75 Å². The van der Waals surface area contributed by atoms with E-state index in [0.717, 1.165) is 39.1 Å². The number of aromatic hydroxyl groups is 2. The molecule has 0 spiro atoms. The predicted molar refractivity (Wildman–Crippen MR) is 134 cm³/mol. The molecule has 3 rings (SSSR count). The zero-order chi connectivity index (χ0) is 25.5. The lowest BCUT2D eigenvalue weighted by Gasteiger charge is -2.32. The first-order valence-corrected chi connectivity index (χ1v) is 11.7. The van der Waals surface area contributed by atoms with Gasteiger partial charge in [0, 0.05) is 43.3 Å². The molecular weight excluding hydrogens is 497 g/mol. The Balaban J connectivity index is 1.54. The van der Waals surface area contributed by atoms with Gasteiger partial charge >= 0.3 is 11.8 Å². The number of likely N-dealkylation sites (N-methyl/N-ethyl adjacent to an activating group) is 1. The van der Waals surface area contributed by atoms with Gasteiger partial charge in [0.05, 0.1) is 16.4 Å². The van der Waals surface area contributed by atoms with Crippen molar-refractivity contribution in [3.8, 4) is 11.5 Å². The minimum atomic E-state index is -1.14. The van der Waals surface area contributed by atoms with E-state index in [-0.39, 0.29) is 38.6 Å². The Hall–Kier alpha value is -3.05. The van der Waals surface area contributed by atoms with Gasteiger partial charge in [-0.3, -0.25) is 14.4 Å². The number of hydrogen-bond donors (Lipinski definition) is 5. The molecular formula is C23H27Cl2N5O5. The highest BCUT2D eigenvalue weighted by Crippen LogP contribution is 2.35. The molecule has 1 heterocycles. The maximum Gasteiger partial charge on any atom is 0.314 e. The first kappa shape index (κ1) is 26.6. The molecule has 0 atom stereocenters. The summed E-state index contributed by atoms with van der Waals surface area (Å²) in [7, 11) is 2.10. The number of amides is 3. The topological polar surface area (TPSA) is 134 Å². The molecule has 0 unspecified atom stereocenters. The van der Waals surface area contributed by atoms with Crippen molar-refractivity contribution in [2.75, 3.05) is 56.9 Å². The fourth-order valence-corrected chi connectivity index (χ4v) is 3.97. The van der Waals surface area contributed by atoms with Gasteiger partial charge in [0.2, 0.25) is 0 Å². The molecule has 35 heavy (non-hydrogen) atoms. The van der Waals surface area contributed by atoms with Crippen molar-refractivity contribution in [1.82, 2.24) is 15.1 Å². The van der Waals surface area contributed by atoms with Crippen molar-refractivity contribution in [2.24, 2.45) is 0 Å². The third-order valence-electron chi connectivity index (χ3n) is 5.52. The number of halogens is 2. The Labute approximate surface area is 212 Å². The van der Waals surface area contributed by atoms with Crippen molar-refractivity contribution in [3.63, 3.8) is 0 Å². The lowest BCUT2D eigenvalue weighted by atomic mass is 10.1. The van der Waals surface area contributed by atoms with E-state index in [1.807, 2.05) is 0 Å². The molecule has 0 aliphatic carbocycles. The summed E-state index contributed by atoms with van der Waals surface area (Å²) in [6.45, 7) is 5.42. The molecule has 3 amide bonds. The second-order valence-corrected chi connectivity index (χ2v) is 9.02. The summed E-state index contributed by atoms with van der Waals surface area (Å²) in [6.07, 6.45) is 0.789. The second-order valence-electron chi connectivity index (χ2n) is 8.18. The Kier molecular flexibility index (Phi) is 9.16. The number of rotatable bonds is 7. The van der Waals surface area contributed by atoms with Crippen LogP contribution in [0.15, 0.2) is 30.3 Å². The number of anilines is 2. The molecule has 2 aromatic rings. The Morgan fingerprint density at radius 3 is 2.29 bits per heavy atom. The highest BCUT2D eigenvalue weighted by molar-refractivity contribution is 6.44. The van der Waals surface area contributed by atoms with Crippen LogP contribution in [0, 0.1) is 0 Å². The maximum absolute atomic E-state index is 12.5. The summed E-state index contributed by atoms with van der Waals surface area (Å²) in [5.41, 5.74) is -0.0717. The van der Waals surface area contributed by atoms with Crippen molar-refractivity contribution in [2.45, 2.75) is 6.42 Å². The number of nitrogens with zero attached hydrogens (tertiary/aromatic N) is 2. The van der Waals surface area contributed by atoms with Gasteiger partial charge in [-0.15, -0.1) is 0 Å². The standard InChI is InChI=1S/C23H27Cl2N5O5/c1-29-7-9-30(10-8-29)6-2-5-26-21(33)14-3-4-19(31)17(11-14)27-22(34)23(35)28-18-13-15(24)12-16(25)20(18)32/h3-4,11-13,31-32H,2,5-10H2,1H3,(H,26,33)(H,27,34)(H,28,35). The van der Waals surface area contributed by atoms with Gasteiger partial charge in [-0.2, -0.15) is 0 Å². The van der Waals surface area contributed by atoms with Crippen LogP contribution in [-0.2, 0) is 9.59 Å². The van der Waals surface area contributed by atoms with Gasteiger partial charge in [0.25, 0.3) is 5.91 Å². The van der Waals surface area contributed by atoms with Crippen molar-refractivity contribution < 1.29 is 24.6 Å². The highest BCUT2D eigenvalue weighted by Gasteiger charge is 2.20. The first-order valence-electron chi connectivity index (χ1n) is 11.0. The van der Waals surface area contributed by atoms with Gasteiger partial charge in [-0.05, 0) is 50.3 Å². The van der Waals surface area contributed by atoms with Gasteiger partial charge in [0.15, 0.2) is 5.75 Å². The summed E-state index contributed by atoms with van der Waals surface area (Å²) in [6, 6.07) is 6.42. The lowest BCUT2D eigenvalue weighted by Crippen LogP contribution is -2.45. The molecule has 188 valence electrons. The van der Waals surface area contributed by atoms with Gasteiger partial charge in [-0.1, -0.05) is 23.2 Å². The van der Waals surface area contributed by atoms with Crippen LogP contribution < -0.4 is 16.0 Å². The fourth-order valence-electron chi connectivity index (χ4n) is 3.47. The van der Waals surface area contributed by atoms with Crippen molar-refractivity contribution in [3.05, 3.63) is 45.9 Å². The molecule has 0 bridgehead atoms. The van der Waals surface area contributed by atoms with Gasteiger partial charge < -0.3 is 36.0 Å².